The van der Waals surface area contributed by atoms with Crippen LogP contribution in [-0.2, 0) is 9.53 Å². The van der Waals surface area contributed by atoms with E-state index in [-0.39, 0.29) is 11.1 Å². The van der Waals surface area contributed by atoms with Gasteiger partial charge in [0, 0.05) is 17.8 Å². The summed E-state index contributed by atoms with van der Waals surface area (Å²) in [5, 5.41) is 11.3. The van der Waals surface area contributed by atoms with Crippen LogP contribution in [0.3, 0.4) is 0 Å². The van der Waals surface area contributed by atoms with Crippen LogP contribution in [0.25, 0.3) is 0 Å². The zero-order chi connectivity index (χ0) is 14.6. The molecule has 0 saturated carbocycles. The summed E-state index contributed by atoms with van der Waals surface area (Å²) in [5.41, 5.74) is -0.832. The maximum absolute atomic E-state index is 11.5. The Morgan fingerprint density at radius 3 is 2.42 bits per heavy atom. The molecule has 7 heteroatoms. The number of carboxylic acids is 1. The van der Waals surface area contributed by atoms with Gasteiger partial charge in [-0.25, -0.2) is 9.59 Å². The Morgan fingerprint density at radius 1 is 1.37 bits per heavy atom. The van der Waals surface area contributed by atoms with Crippen molar-refractivity contribution >= 4 is 12.1 Å². The van der Waals surface area contributed by atoms with Gasteiger partial charge in [0.1, 0.15) is 5.60 Å². The third-order valence-corrected chi connectivity index (χ3v) is 2.05. The Kier molecular flexibility index (Phi) is 4.31. The molecule has 19 heavy (non-hydrogen) atoms. The Balaban J connectivity index is 2.85. The van der Waals surface area contributed by atoms with Crippen LogP contribution < -0.4 is 10.9 Å². The van der Waals surface area contributed by atoms with Crippen molar-refractivity contribution in [3.05, 3.63) is 34.2 Å². The van der Waals surface area contributed by atoms with Gasteiger partial charge < -0.3 is 20.1 Å². The summed E-state index contributed by atoms with van der Waals surface area (Å²) in [7, 11) is 0. The molecule has 1 aromatic heterocycles. The summed E-state index contributed by atoms with van der Waals surface area (Å²) in [4.78, 5) is 35.9. The molecule has 7 nitrogen and oxygen atoms in total. The van der Waals surface area contributed by atoms with Gasteiger partial charge >= 0.3 is 12.1 Å². The van der Waals surface area contributed by atoms with Gasteiger partial charge in [0.05, 0.1) is 0 Å². The highest BCUT2D eigenvalue weighted by Gasteiger charge is 2.25. The lowest BCUT2D eigenvalue weighted by atomic mass is 10.1. The SMILES string of the molecule is CC(C)(C)OC(=O)NC(C(=O)O)c1ccc(=O)[nH]c1. The van der Waals surface area contributed by atoms with Gasteiger partial charge in [-0.3, -0.25) is 4.79 Å². The first-order valence-electron chi connectivity index (χ1n) is 5.60. The van der Waals surface area contributed by atoms with Gasteiger partial charge in [0.25, 0.3) is 0 Å². The van der Waals surface area contributed by atoms with Crippen LogP contribution in [-0.4, -0.2) is 27.8 Å². The molecule has 0 spiro atoms. The normalized spacial score (nSPS) is 12.6. The number of hydrogen-bond donors (Lipinski definition) is 3. The number of ether oxygens (including phenoxy) is 1. The van der Waals surface area contributed by atoms with Gasteiger partial charge in [-0.05, 0) is 26.8 Å². The highest BCUT2D eigenvalue weighted by molar-refractivity contribution is 5.81. The lowest BCUT2D eigenvalue weighted by Crippen LogP contribution is -2.38. The summed E-state index contributed by atoms with van der Waals surface area (Å²) in [6, 6.07) is 1.23. The number of hydrogen-bond acceptors (Lipinski definition) is 4. The first-order valence-corrected chi connectivity index (χ1v) is 5.60. The standard InChI is InChI=1S/C12H16N2O5/c1-12(2,3)19-11(18)14-9(10(16)17)7-4-5-8(15)13-6-7/h4-6,9H,1-3H3,(H,13,15)(H,14,18)(H,16,17). The summed E-state index contributed by atoms with van der Waals surface area (Å²) in [6.07, 6.45) is 0.393. The van der Waals surface area contributed by atoms with Crippen molar-refractivity contribution in [2.75, 3.05) is 0 Å². The van der Waals surface area contributed by atoms with Crippen LogP contribution in [0, 0.1) is 0 Å². The smallest absolute Gasteiger partial charge is 0.408 e. The molecule has 0 radical (unpaired) electrons. The second-order valence-corrected chi connectivity index (χ2v) is 4.90. The van der Waals surface area contributed by atoms with Crippen LogP contribution in [0.1, 0.15) is 32.4 Å². The van der Waals surface area contributed by atoms with Gasteiger partial charge in [0.2, 0.25) is 5.56 Å². The third-order valence-electron chi connectivity index (χ3n) is 2.05. The Bertz CT molecular complexity index is 509. The molecule has 1 aromatic rings. The molecule has 1 atom stereocenters. The van der Waals surface area contributed by atoms with Gasteiger partial charge in [-0.1, -0.05) is 0 Å². The molecule has 0 aliphatic heterocycles. The fraction of sp³-hybridized carbons (Fsp3) is 0.417. The predicted molar refractivity (Wildman–Crippen MR) is 66.8 cm³/mol. The average molecular weight is 268 g/mol. The number of pyridine rings is 1. The van der Waals surface area contributed by atoms with E-state index in [0.29, 0.717) is 0 Å². The first-order chi connectivity index (χ1) is 8.69. The Labute approximate surface area is 109 Å². The molecule has 1 heterocycles. The lowest BCUT2D eigenvalue weighted by molar-refractivity contribution is -0.139. The van der Waals surface area contributed by atoms with Crippen molar-refractivity contribution in [3.63, 3.8) is 0 Å². The summed E-state index contributed by atoms with van der Waals surface area (Å²) in [6.45, 7) is 5.01. The van der Waals surface area contributed by atoms with E-state index >= 15 is 0 Å². The fourth-order valence-electron chi connectivity index (χ4n) is 1.32. The summed E-state index contributed by atoms with van der Waals surface area (Å²) < 4.78 is 4.98. The largest absolute Gasteiger partial charge is 0.479 e. The monoisotopic (exact) mass is 268 g/mol. The molecule has 104 valence electrons. The van der Waals surface area contributed by atoms with E-state index in [1.807, 2.05) is 0 Å². The molecular weight excluding hydrogens is 252 g/mol. The number of H-pyrrole nitrogens is 1. The molecule has 0 saturated heterocycles. The second-order valence-electron chi connectivity index (χ2n) is 4.90. The van der Waals surface area contributed by atoms with E-state index in [4.69, 9.17) is 9.84 Å². The third kappa shape index (κ3) is 4.82. The maximum Gasteiger partial charge on any atom is 0.408 e. The molecule has 1 rings (SSSR count). The summed E-state index contributed by atoms with van der Waals surface area (Å²) in [5.74, 6) is -1.25. The van der Waals surface area contributed by atoms with Crippen molar-refractivity contribution in [2.24, 2.45) is 0 Å². The Hall–Kier alpha value is -2.31. The minimum atomic E-state index is -1.29. The molecule has 1 amide bonds. The number of alkyl carbamates (subject to hydrolysis) is 1. The number of carbonyl (C=O) groups is 2. The molecular formula is C12H16N2O5. The van der Waals surface area contributed by atoms with Crippen LogP contribution in [0.2, 0.25) is 0 Å². The lowest BCUT2D eigenvalue weighted by Gasteiger charge is -2.22. The number of aliphatic carboxylic acids is 1. The van der Waals surface area contributed by atoms with Crippen LogP contribution in [0.5, 0.6) is 0 Å². The van der Waals surface area contributed by atoms with Crippen LogP contribution in [0.4, 0.5) is 4.79 Å². The van der Waals surface area contributed by atoms with Crippen molar-refractivity contribution in [1.29, 1.82) is 0 Å². The first kappa shape index (κ1) is 14.7. The minimum absolute atomic E-state index is 0.248. The van der Waals surface area contributed by atoms with E-state index in [1.54, 1.807) is 20.8 Å². The summed E-state index contributed by atoms with van der Waals surface area (Å²) >= 11 is 0. The molecule has 0 bridgehead atoms. The van der Waals surface area contributed by atoms with E-state index in [9.17, 15) is 14.4 Å². The van der Waals surface area contributed by atoms with Gasteiger partial charge in [-0.15, -0.1) is 0 Å². The van der Waals surface area contributed by atoms with Crippen molar-refractivity contribution in [3.8, 4) is 0 Å². The highest BCUT2D eigenvalue weighted by atomic mass is 16.6. The minimum Gasteiger partial charge on any atom is -0.479 e. The van der Waals surface area contributed by atoms with Crippen LogP contribution >= 0.6 is 0 Å². The predicted octanol–water partition coefficient (Wildman–Crippen LogP) is 1.03. The molecule has 1 unspecified atom stereocenters. The number of nitrogens with one attached hydrogen (secondary N) is 2. The average Bonchev–Trinajstić information content (AvgIpc) is 2.24. The number of carboxylic acid groups (broad SMARTS) is 1. The zero-order valence-electron chi connectivity index (χ0n) is 10.9. The number of carbonyl (C=O) groups excluding carboxylic acids is 1. The Morgan fingerprint density at radius 2 is 2.00 bits per heavy atom. The topological polar surface area (TPSA) is 108 Å². The van der Waals surface area contributed by atoms with E-state index in [2.05, 4.69) is 10.3 Å². The highest BCUT2D eigenvalue weighted by Crippen LogP contribution is 2.13. The zero-order valence-corrected chi connectivity index (χ0v) is 10.9. The fourth-order valence-corrected chi connectivity index (χ4v) is 1.32. The number of aromatic amines is 1. The molecule has 0 fully saturated rings. The maximum atomic E-state index is 11.5. The number of aromatic nitrogens is 1. The van der Waals surface area contributed by atoms with Crippen molar-refractivity contribution < 1.29 is 19.4 Å². The molecule has 3 N–H and O–H groups in total. The van der Waals surface area contributed by atoms with E-state index in [0.717, 1.165) is 0 Å². The van der Waals surface area contributed by atoms with E-state index in [1.165, 1.54) is 18.3 Å². The molecule has 0 aliphatic carbocycles. The molecule has 0 aromatic carbocycles. The number of rotatable bonds is 3. The van der Waals surface area contributed by atoms with Gasteiger partial charge in [-0.2, -0.15) is 0 Å². The van der Waals surface area contributed by atoms with Crippen LogP contribution in [0.15, 0.2) is 23.1 Å². The van der Waals surface area contributed by atoms with E-state index < -0.39 is 23.7 Å². The quantitative estimate of drug-likeness (QED) is 0.758. The van der Waals surface area contributed by atoms with Gasteiger partial charge in [0.15, 0.2) is 6.04 Å². The number of amides is 1. The van der Waals surface area contributed by atoms with Crippen molar-refractivity contribution in [2.45, 2.75) is 32.4 Å². The van der Waals surface area contributed by atoms with Crippen molar-refractivity contribution in [1.82, 2.24) is 10.3 Å². The molecule has 0 aliphatic rings. The second kappa shape index (κ2) is 5.55.